The van der Waals surface area contributed by atoms with Gasteiger partial charge in [0.2, 0.25) is 0 Å². The van der Waals surface area contributed by atoms with E-state index in [2.05, 4.69) is 0 Å². The first-order chi connectivity index (χ1) is 2.81. The molecule has 0 saturated carbocycles. The molecule has 0 aromatic carbocycles. The van der Waals surface area contributed by atoms with E-state index in [1.54, 1.807) is 22.6 Å². The van der Waals surface area contributed by atoms with Crippen molar-refractivity contribution in [3.8, 4) is 0 Å². The molecule has 34 valence electrons. The predicted molar refractivity (Wildman–Crippen MR) is 30.8 cm³/mol. The molecular weight excluding hydrogens is 195 g/mol. The summed E-state index contributed by atoms with van der Waals surface area (Å²) in [5.74, 6) is 0. The number of carbonyl (C=O) groups is 1. The number of halogens is 1. The van der Waals surface area contributed by atoms with E-state index < -0.39 is 0 Å². The van der Waals surface area contributed by atoms with E-state index in [0.29, 0.717) is 9.87 Å². The Kier molecular flexibility index (Phi) is 3.11. The lowest BCUT2D eigenvalue weighted by molar-refractivity contribution is -0.104. The molecule has 0 unspecified atom stereocenters. The van der Waals surface area contributed by atoms with Gasteiger partial charge in [-0.05, 0) is 22.6 Å². The standard InChI is InChI=1S/C3H3IO2/c4-3(1-5)2-6/h1-2,5H/b3-1-. The van der Waals surface area contributed by atoms with Crippen LogP contribution in [0.15, 0.2) is 9.84 Å². The number of rotatable bonds is 1. The maximum absolute atomic E-state index is 9.50. The van der Waals surface area contributed by atoms with Crippen molar-refractivity contribution in [2.24, 2.45) is 0 Å². The summed E-state index contributed by atoms with van der Waals surface area (Å²) >= 11 is 1.71. The van der Waals surface area contributed by atoms with Gasteiger partial charge in [0.1, 0.15) is 0 Å². The van der Waals surface area contributed by atoms with Crippen LogP contribution in [0, 0.1) is 0 Å². The molecule has 0 radical (unpaired) electrons. The summed E-state index contributed by atoms with van der Waals surface area (Å²) in [5, 5.41) is 7.93. The lowest BCUT2D eigenvalue weighted by atomic mass is 10.7. The van der Waals surface area contributed by atoms with Crippen LogP contribution in [0.5, 0.6) is 0 Å². The number of allylic oxidation sites excluding steroid dienone is 1. The fraction of sp³-hybridized carbons (Fsp3) is 0. The van der Waals surface area contributed by atoms with Crippen LogP contribution in [0.1, 0.15) is 0 Å². The van der Waals surface area contributed by atoms with Crippen LogP contribution in [0.2, 0.25) is 0 Å². The van der Waals surface area contributed by atoms with E-state index in [9.17, 15) is 4.79 Å². The van der Waals surface area contributed by atoms with Gasteiger partial charge in [-0.3, -0.25) is 4.79 Å². The lowest BCUT2D eigenvalue weighted by Crippen LogP contribution is -1.66. The summed E-state index contributed by atoms with van der Waals surface area (Å²) in [7, 11) is 0. The zero-order valence-electron chi connectivity index (χ0n) is 2.89. The Morgan fingerprint density at radius 2 is 2.33 bits per heavy atom. The average molecular weight is 198 g/mol. The second kappa shape index (κ2) is 3.14. The molecule has 0 rings (SSSR count). The van der Waals surface area contributed by atoms with Crippen LogP contribution in [0.3, 0.4) is 0 Å². The summed E-state index contributed by atoms with van der Waals surface area (Å²) in [6.07, 6.45) is 1.33. The summed E-state index contributed by atoms with van der Waals surface area (Å²) < 4.78 is 0.313. The van der Waals surface area contributed by atoms with Crippen LogP contribution in [0.4, 0.5) is 0 Å². The van der Waals surface area contributed by atoms with Gasteiger partial charge in [-0.15, -0.1) is 0 Å². The van der Waals surface area contributed by atoms with Gasteiger partial charge in [-0.2, -0.15) is 0 Å². The first-order valence-electron chi connectivity index (χ1n) is 1.26. The third kappa shape index (κ3) is 2.19. The van der Waals surface area contributed by atoms with Gasteiger partial charge in [-0.25, -0.2) is 0 Å². The van der Waals surface area contributed by atoms with Crippen molar-refractivity contribution < 1.29 is 9.90 Å². The number of hydrogen-bond donors (Lipinski definition) is 1. The van der Waals surface area contributed by atoms with E-state index in [1.807, 2.05) is 0 Å². The van der Waals surface area contributed by atoms with Crippen molar-refractivity contribution in [1.82, 2.24) is 0 Å². The molecule has 0 atom stereocenters. The van der Waals surface area contributed by atoms with Gasteiger partial charge in [0.25, 0.3) is 0 Å². The third-order valence-electron chi connectivity index (χ3n) is 0.236. The quantitative estimate of drug-likeness (QED) is 0.295. The monoisotopic (exact) mass is 198 g/mol. The second-order valence-electron chi connectivity index (χ2n) is 0.632. The molecule has 0 saturated heterocycles. The van der Waals surface area contributed by atoms with Crippen molar-refractivity contribution in [3.05, 3.63) is 9.84 Å². The highest BCUT2D eigenvalue weighted by molar-refractivity contribution is 14.1. The van der Waals surface area contributed by atoms with Crippen LogP contribution in [-0.2, 0) is 4.79 Å². The molecule has 0 heterocycles. The van der Waals surface area contributed by atoms with Crippen LogP contribution >= 0.6 is 22.6 Å². The van der Waals surface area contributed by atoms with E-state index >= 15 is 0 Å². The maximum Gasteiger partial charge on any atom is 0.159 e. The second-order valence-corrected chi connectivity index (χ2v) is 1.88. The summed E-state index contributed by atoms with van der Waals surface area (Å²) in [5.41, 5.74) is 0. The fourth-order valence-corrected chi connectivity index (χ4v) is 0.0304. The molecule has 6 heavy (non-hydrogen) atoms. The molecule has 0 bridgehead atoms. The highest BCUT2D eigenvalue weighted by Gasteiger charge is 1.77. The van der Waals surface area contributed by atoms with E-state index in [4.69, 9.17) is 5.11 Å². The third-order valence-corrected chi connectivity index (χ3v) is 0.769. The molecule has 0 aromatic rings. The largest absolute Gasteiger partial charge is 0.514 e. The highest BCUT2D eigenvalue weighted by Crippen LogP contribution is 1.96. The zero-order valence-corrected chi connectivity index (χ0v) is 5.05. The van der Waals surface area contributed by atoms with Crippen molar-refractivity contribution in [2.75, 3.05) is 0 Å². The van der Waals surface area contributed by atoms with E-state index in [1.165, 1.54) is 0 Å². The molecule has 1 N–H and O–H groups in total. The Morgan fingerprint density at radius 3 is 2.33 bits per heavy atom. The summed E-state index contributed by atoms with van der Waals surface area (Å²) in [4.78, 5) is 9.50. The molecule has 0 spiro atoms. The first-order valence-corrected chi connectivity index (χ1v) is 2.34. The molecule has 0 aliphatic carbocycles. The average Bonchev–Trinajstić information content (AvgIpc) is 1.65. The number of aliphatic hydroxyl groups is 1. The van der Waals surface area contributed by atoms with Gasteiger partial charge < -0.3 is 5.11 Å². The number of hydrogen-bond acceptors (Lipinski definition) is 2. The fourth-order valence-electron chi connectivity index (χ4n) is 0.0304. The molecule has 2 nitrogen and oxygen atoms in total. The minimum atomic E-state index is 0.313. The van der Waals surface area contributed by atoms with Crippen LogP contribution in [0.25, 0.3) is 0 Å². The Bertz CT molecular complexity index is 76.9. The predicted octanol–water partition coefficient (Wildman–Crippen LogP) is 1.02. The van der Waals surface area contributed by atoms with Crippen molar-refractivity contribution in [2.45, 2.75) is 0 Å². The lowest BCUT2D eigenvalue weighted by Gasteiger charge is -1.70. The minimum absolute atomic E-state index is 0.313. The Balaban J connectivity index is 3.50. The molecule has 3 heteroatoms. The first kappa shape index (κ1) is 5.94. The maximum atomic E-state index is 9.50. The Labute approximate surface area is 49.0 Å². The number of aliphatic hydroxyl groups excluding tert-OH is 1. The summed E-state index contributed by atoms with van der Waals surface area (Å²) in [6.45, 7) is 0. The normalized spacial score (nSPS) is 11.2. The Hall–Kier alpha value is -0.0600. The van der Waals surface area contributed by atoms with Gasteiger partial charge in [0, 0.05) is 0 Å². The molecule has 0 aliphatic heterocycles. The van der Waals surface area contributed by atoms with Crippen molar-refractivity contribution in [1.29, 1.82) is 0 Å². The summed E-state index contributed by atoms with van der Waals surface area (Å²) in [6, 6.07) is 0. The number of aldehydes is 1. The van der Waals surface area contributed by atoms with Gasteiger partial charge >= 0.3 is 0 Å². The molecule has 0 aromatic heterocycles. The van der Waals surface area contributed by atoms with Crippen LogP contribution in [-0.4, -0.2) is 11.4 Å². The van der Waals surface area contributed by atoms with Crippen molar-refractivity contribution >= 4 is 28.9 Å². The minimum Gasteiger partial charge on any atom is -0.514 e. The van der Waals surface area contributed by atoms with E-state index in [-0.39, 0.29) is 0 Å². The molecule has 0 fully saturated rings. The smallest absolute Gasteiger partial charge is 0.159 e. The topological polar surface area (TPSA) is 37.3 Å². The SMILES string of the molecule is O=C/C(I)=C/O. The van der Waals surface area contributed by atoms with Gasteiger partial charge in [-0.1, -0.05) is 0 Å². The van der Waals surface area contributed by atoms with Crippen LogP contribution < -0.4 is 0 Å². The highest BCUT2D eigenvalue weighted by atomic mass is 127. The molecule has 0 amide bonds. The van der Waals surface area contributed by atoms with Gasteiger partial charge in [0.05, 0.1) is 9.84 Å². The van der Waals surface area contributed by atoms with Crippen molar-refractivity contribution in [3.63, 3.8) is 0 Å². The zero-order chi connectivity index (χ0) is 4.99. The van der Waals surface area contributed by atoms with Gasteiger partial charge in [0.15, 0.2) is 6.29 Å². The molecular formula is C3H3IO2. The number of carbonyl (C=O) groups excluding carboxylic acids is 1. The van der Waals surface area contributed by atoms with E-state index in [0.717, 1.165) is 6.26 Å². The molecule has 0 aliphatic rings. The Morgan fingerprint density at radius 1 is 1.83 bits per heavy atom.